The lowest BCUT2D eigenvalue weighted by Gasteiger charge is -2.15. The Morgan fingerprint density at radius 1 is 1.21 bits per heavy atom. The molecule has 0 atom stereocenters. The molecular formula is C15H19NO3. The molecule has 0 radical (unpaired) electrons. The molecule has 0 aromatic heterocycles. The fraction of sp³-hybridized carbons (Fsp3) is 0.600. The van der Waals surface area contributed by atoms with Crippen LogP contribution in [0.15, 0.2) is 12.1 Å². The maximum absolute atomic E-state index is 9.97. The topological polar surface area (TPSA) is 50.7 Å². The van der Waals surface area contributed by atoms with E-state index in [1.165, 1.54) is 25.7 Å². The van der Waals surface area contributed by atoms with Crippen molar-refractivity contribution in [2.75, 3.05) is 13.3 Å². The van der Waals surface area contributed by atoms with Crippen LogP contribution in [0, 0.1) is 11.3 Å². The van der Waals surface area contributed by atoms with Gasteiger partial charge in [-0.1, -0.05) is 0 Å². The molecule has 1 heterocycles. The van der Waals surface area contributed by atoms with Gasteiger partial charge in [0.15, 0.2) is 11.5 Å². The van der Waals surface area contributed by atoms with Crippen LogP contribution in [0.3, 0.4) is 0 Å². The minimum absolute atomic E-state index is 0.246. The second kappa shape index (κ2) is 4.04. The minimum Gasteiger partial charge on any atom is -0.507 e. The summed E-state index contributed by atoms with van der Waals surface area (Å²) in [5, 5.41) is 13.5. The van der Waals surface area contributed by atoms with E-state index in [2.05, 4.69) is 5.32 Å². The zero-order chi connectivity index (χ0) is 12.9. The van der Waals surface area contributed by atoms with Gasteiger partial charge in [-0.15, -0.1) is 0 Å². The van der Waals surface area contributed by atoms with Gasteiger partial charge >= 0.3 is 0 Å². The first-order chi connectivity index (χ1) is 9.27. The number of benzene rings is 1. The van der Waals surface area contributed by atoms with Crippen molar-refractivity contribution in [2.45, 2.75) is 32.2 Å². The smallest absolute Gasteiger partial charge is 0.231 e. The standard InChI is InChI=1S/C15H19NO3/c17-12-6-14-13(18-9-19-14)5-10(12)7-16-8-15(3-4-15)11-1-2-11/h5-6,11,16-17H,1-4,7-9H2. The van der Waals surface area contributed by atoms with Crippen LogP contribution >= 0.6 is 0 Å². The van der Waals surface area contributed by atoms with Crippen LogP contribution in [0.4, 0.5) is 0 Å². The number of hydrogen-bond acceptors (Lipinski definition) is 4. The number of aromatic hydroxyl groups is 1. The van der Waals surface area contributed by atoms with Gasteiger partial charge in [0, 0.05) is 24.7 Å². The number of ether oxygens (including phenoxy) is 2. The summed E-state index contributed by atoms with van der Waals surface area (Å²) in [6.07, 6.45) is 5.57. The predicted octanol–water partition coefficient (Wildman–Crippen LogP) is 2.40. The summed E-state index contributed by atoms with van der Waals surface area (Å²) >= 11 is 0. The van der Waals surface area contributed by atoms with Gasteiger partial charge in [0.25, 0.3) is 0 Å². The molecule has 102 valence electrons. The van der Waals surface area contributed by atoms with Crippen LogP contribution in [0.25, 0.3) is 0 Å². The highest BCUT2D eigenvalue weighted by molar-refractivity contribution is 5.51. The minimum atomic E-state index is 0.246. The molecule has 4 heteroatoms. The third-order valence-corrected chi connectivity index (χ3v) is 4.70. The molecule has 19 heavy (non-hydrogen) atoms. The number of fused-ring (bicyclic) bond motifs is 1. The average molecular weight is 261 g/mol. The zero-order valence-corrected chi connectivity index (χ0v) is 10.9. The lowest BCUT2D eigenvalue weighted by atomic mass is 10.0. The van der Waals surface area contributed by atoms with E-state index < -0.39 is 0 Å². The molecule has 4 rings (SSSR count). The van der Waals surface area contributed by atoms with Gasteiger partial charge in [-0.2, -0.15) is 0 Å². The van der Waals surface area contributed by atoms with Gasteiger partial charge in [-0.3, -0.25) is 0 Å². The van der Waals surface area contributed by atoms with Crippen LogP contribution in [0.2, 0.25) is 0 Å². The summed E-state index contributed by atoms with van der Waals surface area (Å²) in [6, 6.07) is 3.52. The Morgan fingerprint density at radius 3 is 2.63 bits per heavy atom. The van der Waals surface area contributed by atoms with Crippen LogP contribution in [-0.2, 0) is 6.54 Å². The Kier molecular flexibility index (Phi) is 2.42. The Hall–Kier alpha value is -1.42. The van der Waals surface area contributed by atoms with E-state index in [0.29, 0.717) is 17.7 Å². The summed E-state index contributed by atoms with van der Waals surface area (Å²) in [7, 11) is 0. The van der Waals surface area contributed by atoms with E-state index in [1.54, 1.807) is 6.07 Å². The summed E-state index contributed by atoms with van der Waals surface area (Å²) in [5.74, 6) is 2.62. The van der Waals surface area contributed by atoms with Gasteiger partial charge in [-0.05, 0) is 43.1 Å². The molecule has 0 bridgehead atoms. The van der Waals surface area contributed by atoms with E-state index in [9.17, 15) is 5.11 Å². The first kappa shape index (κ1) is 11.4. The van der Waals surface area contributed by atoms with Gasteiger partial charge < -0.3 is 19.9 Å². The van der Waals surface area contributed by atoms with Crippen molar-refractivity contribution in [1.29, 1.82) is 0 Å². The molecule has 2 aliphatic carbocycles. The van der Waals surface area contributed by atoms with Gasteiger partial charge in [0.2, 0.25) is 6.79 Å². The number of phenols is 1. The van der Waals surface area contributed by atoms with Crippen molar-refractivity contribution >= 4 is 0 Å². The van der Waals surface area contributed by atoms with Crippen LogP contribution in [0.5, 0.6) is 17.2 Å². The molecule has 4 nitrogen and oxygen atoms in total. The summed E-state index contributed by atoms with van der Waals surface area (Å²) in [6.45, 7) is 2.01. The third-order valence-electron chi connectivity index (χ3n) is 4.70. The third kappa shape index (κ3) is 2.04. The normalized spacial score (nSPS) is 22.5. The van der Waals surface area contributed by atoms with Crippen molar-refractivity contribution in [2.24, 2.45) is 11.3 Å². The van der Waals surface area contributed by atoms with Crippen molar-refractivity contribution in [3.05, 3.63) is 17.7 Å². The molecule has 0 saturated heterocycles. The second-order valence-corrected chi connectivity index (χ2v) is 6.07. The Balaban J connectivity index is 1.40. The van der Waals surface area contributed by atoms with Gasteiger partial charge in [0.1, 0.15) is 5.75 Å². The zero-order valence-electron chi connectivity index (χ0n) is 10.9. The highest BCUT2D eigenvalue weighted by atomic mass is 16.7. The average Bonchev–Trinajstić information content (AvgIpc) is 3.28. The first-order valence-electron chi connectivity index (χ1n) is 7.09. The number of rotatable bonds is 5. The van der Waals surface area contributed by atoms with Crippen LogP contribution in [0.1, 0.15) is 31.2 Å². The fourth-order valence-electron chi connectivity index (χ4n) is 3.15. The number of nitrogens with one attached hydrogen (secondary N) is 1. The number of hydrogen-bond donors (Lipinski definition) is 2. The lowest BCUT2D eigenvalue weighted by Crippen LogP contribution is -2.25. The molecule has 0 spiro atoms. The van der Waals surface area contributed by atoms with Gasteiger partial charge in [0.05, 0.1) is 0 Å². The molecule has 1 aromatic carbocycles. The molecule has 1 aromatic rings. The summed E-state index contributed by atoms with van der Waals surface area (Å²) < 4.78 is 10.6. The highest BCUT2D eigenvalue weighted by Crippen LogP contribution is 2.60. The molecule has 2 N–H and O–H groups in total. The summed E-state index contributed by atoms with van der Waals surface area (Å²) in [5.41, 5.74) is 1.47. The van der Waals surface area contributed by atoms with E-state index in [1.807, 2.05) is 6.07 Å². The van der Waals surface area contributed by atoms with Crippen molar-refractivity contribution < 1.29 is 14.6 Å². The second-order valence-electron chi connectivity index (χ2n) is 6.07. The van der Waals surface area contributed by atoms with Gasteiger partial charge in [-0.25, -0.2) is 0 Å². The summed E-state index contributed by atoms with van der Waals surface area (Å²) in [4.78, 5) is 0. The molecule has 1 aliphatic heterocycles. The van der Waals surface area contributed by atoms with E-state index in [4.69, 9.17) is 9.47 Å². The maximum Gasteiger partial charge on any atom is 0.231 e. The Morgan fingerprint density at radius 2 is 1.95 bits per heavy atom. The Labute approximate surface area is 112 Å². The van der Waals surface area contributed by atoms with Crippen molar-refractivity contribution in [3.63, 3.8) is 0 Å². The largest absolute Gasteiger partial charge is 0.507 e. The number of phenolic OH excluding ortho intramolecular Hbond substituents is 1. The maximum atomic E-state index is 9.97. The molecule has 3 aliphatic rings. The molecule has 0 amide bonds. The quantitative estimate of drug-likeness (QED) is 0.854. The fourth-order valence-corrected chi connectivity index (χ4v) is 3.15. The molecular weight excluding hydrogens is 242 g/mol. The van der Waals surface area contributed by atoms with Crippen LogP contribution in [-0.4, -0.2) is 18.4 Å². The van der Waals surface area contributed by atoms with Crippen molar-refractivity contribution in [1.82, 2.24) is 5.32 Å². The highest BCUT2D eigenvalue weighted by Gasteiger charge is 2.53. The molecule has 2 fully saturated rings. The van der Waals surface area contributed by atoms with E-state index >= 15 is 0 Å². The SMILES string of the molecule is Oc1cc2c(cc1CNCC1(C3CC3)CC1)OCO2. The molecule has 0 unspecified atom stereocenters. The van der Waals surface area contributed by atoms with Crippen LogP contribution < -0.4 is 14.8 Å². The molecule has 2 saturated carbocycles. The monoisotopic (exact) mass is 261 g/mol. The lowest BCUT2D eigenvalue weighted by molar-refractivity contribution is 0.174. The van der Waals surface area contributed by atoms with E-state index in [-0.39, 0.29) is 12.5 Å². The first-order valence-corrected chi connectivity index (χ1v) is 7.09. The predicted molar refractivity (Wildman–Crippen MR) is 70.3 cm³/mol. The Bertz CT molecular complexity index is 506. The van der Waals surface area contributed by atoms with Crippen molar-refractivity contribution in [3.8, 4) is 17.2 Å². The van der Waals surface area contributed by atoms with E-state index in [0.717, 1.165) is 23.8 Å².